The molecule has 1 aromatic carbocycles. The Hall–Kier alpha value is -2.28. The van der Waals surface area contributed by atoms with Gasteiger partial charge in [0.2, 0.25) is 0 Å². The molecule has 2 heterocycles. The number of non-ortho nitro benzene ring substituents is 1. The number of aliphatic imine (C=N–C) groups is 1. The molecule has 2 aromatic rings. The van der Waals surface area contributed by atoms with E-state index in [0.29, 0.717) is 31.5 Å². The fourth-order valence-electron chi connectivity index (χ4n) is 3.02. The number of hydrogen-bond acceptors (Lipinski definition) is 6. The second-order valence-electron chi connectivity index (χ2n) is 6.29. The van der Waals surface area contributed by atoms with Crippen molar-refractivity contribution in [3.63, 3.8) is 0 Å². The van der Waals surface area contributed by atoms with Gasteiger partial charge in [-0.15, -0.1) is 24.0 Å². The van der Waals surface area contributed by atoms with Gasteiger partial charge in [-0.05, 0) is 12.0 Å². The van der Waals surface area contributed by atoms with Crippen molar-refractivity contribution in [2.75, 3.05) is 14.2 Å². The zero-order valence-electron chi connectivity index (χ0n) is 15.8. The summed E-state index contributed by atoms with van der Waals surface area (Å²) in [4.78, 5) is 19.2. The molecule has 152 valence electrons. The Morgan fingerprint density at radius 1 is 1.50 bits per heavy atom. The van der Waals surface area contributed by atoms with Crippen LogP contribution in [0.1, 0.15) is 23.6 Å². The molecule has 1 atom stereocenters. The lowest BCUT2D eigenvalue weighted by Crippen LogP contribution is -2.46. The summed E-state index contributed by atoms with van der Waals surface area (Å²) in [7, 11) is 3.32. The van der Waals surface area contributed by atoms with E-state index in [1.165, 1.54) is 6.07 Å². The van der Waals surface area contributed by atoms with Crippen LogP contribution in [-0.2, 0) is 30.9 Å². The summed E-state index contributed by atoms with van der Waals surface area (Å²) in [5.41, 5.74) is 0.897. The van der Waals surface area contributed by atoms with Gasteiger partial charge >= 0.3 is 0 Å². The van der Waals surface area contributed by atoms with Gasteiger partial charge in [-0.25, -0.2) is 9.67 Å². The maximum Gasteiger partial charge on any atom is 0.269 e. The minimum absolute atomic E-state index is 0. The van der Waals surface area contributed by atoms with Gasteiger partial charge in [-0.1, -0.05) is 12.1 Å². The second-order valence-corrected chi connectivity index (χ2v) is 6.29. The van der Waals surface area contributed by atoms with Crippen molar-refractivity contribution in [2.45, 2.75) is 38.6 Å². The molecule has 2 N–H and O–H groups in total. The molecule has 28 heavy (non-hydrogen) atoms. The summed E-state index contributed by atoms with van der Waals surface area (Å²) in [6.07, 6.45) is 1.75. The lowest BCUT2D eigenvalue weighted by atomic mass is 10.1. The molecule has 10 nitrogen and oxygen atoms in total. The number of rotatable bonds is 6. The Morgan fingerprint density at radius 3 is 3.04 bits per heavy atom. The van der Waals surface area contributed by atoms with Crippen LogP contribution in [0.4, 0.5) is 5.69 Å². The van der Waals surface area contributed by atoms with Crippen molar-refractivity contribution in [1.29, 1.82) is 0 Å². The third kappa shape index (κ3) is 5.61. The van der Waals surface area contributed by atoms with Crippen molar-refractivity contribution in [2.24, 2.45) is 4.99 Å². The van der Waals surface area contributed by atoms with Crippen LogP contribution in [0.25, 0.3) is 0 Å². The Morgan fingerprint density at radius 2 is 2.32 bits per heavy atom. The van der Waals surface area contributed by atoms with Crippen LogP contribution in [0.15, 0.2) is 29.3 Å². The van der Waals surface area contributed by atoms with E-state index in [1.807, 2.05) is 10.7 Å². The number of aromatic nitrogens is 3. The normalized spacial score (nSPS) is 16.1. The number of hydrogen-bond donors (Lipinski definition) is 2. The van der Waals surface area contributed by atoms with Gasteiger partial charge in [0.15, 0.2) is 11.8 Å². The minimum atomic E-state index is -0.397. The van der Waals surface area contributed by atoms with E-state index in [1.54, 1.807) is 26.3 Å². The molecule has 3 rings (SSSR count). The first-order valence-electron chi connectivity index (χ1n) is 8.71. The zero-order chi connectivity index (χ0) is 19.2. The standard InChI is InChI=1S/C17H23N7O3.HI/c1-18-17(19-9-12-4-3-5-14(8-12)24(25)26)20-13-6-7-16-21-15(11-27-2)22-23(16)10-13;/h3-5,8,13H,6-7,9-11H2,1-2H3,(H2,18,19,20);1H. The van der Waals surface area contributed by atoms with E-state index >= 15 is 0 Å². The van der Waals surface area contributed by atoms with E-state index in [4.69, 9.17) is 4.74 Å². The van der Waals surface area contributed by atoms with Crippen molar-refractivity contribution >= 4 is 35.6 Å². The topological polar surface area (TPSA) is 120 Å². The van der Waals surface area contributed by atoms with Gasteiger partial charge in [0.25, 0.3) is 5.69 Å². The first-order chi connectivity index (χ1) is 13.1. The highest BCUT2D eigenvalue weighted by Gasteiger charge is 2.22. The number of methoxy groups -OCH3 is 1. The van der Waals surface area contributed by atoms with Crippen molar-refractivity contribution in [3.8, 4) is 0 Å². The van der Waals surface area contributed by atoms with Gasteiger partial charge in [0.05, 0.1) is 11.5 Å². The molecular weight excluding hydrogens is 477 g/mol. The maximum absolute atomic E-state index is 10.9. The van der Waals surface area contributed by atoms with E-state index in [0.717, 1.165) is 24.2 Å². The molecule has 0 amide bonds. The summed E-state index contributed by atoms with van der Waals surface area (Å²) < 4.78 is 6.99. The third-order valence-electron chi connectivity index (χ3n) is 4.32. The summed E-state index contributed by atoms with van der Waals surface area (Å²) in [5.74, 6) is 2.31. The highest BCUT2D eigenvalue weighted by Crippen LogP contribution is 2.14. The number of fused-ring (bicyclic) bond motifs is 1. The minimum Gasteiger partial charge on any atom is -0.377 e. The Labute approximate surface area is 179 Å². The SMILES string of the molecule is CN=C(NCc1cccc([N+](=O)[O-])c1)NC1CCc2nc(COC)nn2C1.I. The summed E-state index contributed by atoms with van der Waals surface area (Å²) in [6, 6.07) is 6.72. The highest BCUT2D eigenvalue weighted by atomic mass is 127. The van der Waals surface area contributed by atoms with E-state index in [9.17, 15) is 10.1 Å². The Bertz CT molecular complexity index is 840. The van der Waals surface area contributed by atoms with E-state index in [-0.39, 0.29) is 35.7 Å². The second kappa shape index (κ2) is 10.3. The van der Waals surface area contributed by atoms with Gasteiger partial charge in [-0.2, -0.15) is 5.10 Å². The highest BCUT2D eigenvalue weighted by molar-refractivity contribution is 14.0. The van der Waals surface area contributed by atoms with Crippen molar-refractivity contribution in [1.82, 2.24) is 25.4 Å². The largest absolute Gasteiger partial charge is 0.377 e. The molecule has 0 spiro atoms. The van der Waals surface area contributed by atoms with Gasteiger partial charge in [0, 0.05) is 45.3 Å². The number of nitro benzene ring substituents is 1. The van der Waals surface area contributed by atoms with E-state index in [2.05, 4.69) is 25.7 Å². The zero-order valence-corrected chi connectivity index (χ0v) is 18.1. The number of halogens is 1. The fourth-order valence-corrected chi connectivity index (χ4v) is 3.02. The number of ether oxygens (including phenoxy) is 1. The molecular formula is C17H24IN7O3. The van der Waals surface area contributed by atoms with Crippen LogP contribution in [-0.4, -0.2) is 45.8 Å². The fraction of sp³-hybridized carbons (Fsp3) is 0.471. The molecule has 1 unspecified atom stereocenters. The number of nitrogens with one attached hydrogen (secondary N) is 2. The molecule has 1 aliphatic heterocycles. The molecule has 1 aromatic heterocycles. The molecule has 0 radical (unpaired) electrons. The first-order valence-corrected chi connectivity index (χ1v) is 8.71. The first kappa shape index (κ1) is 22.0. The van der Waals surface area contributed by atoms with Crippen LogP contribution in [0.3, 0.4) is 0 Å². The predicted molar refractivity (Wildman–Crippen MR) is 115 cm³/mol. The van der Waals surface area contributed by atoms with Crippen molar-refractivity contribution < 1.29 is 9.66 Å². The smallest absolute Gasteiger partial charge is 0.269 e. The lowest BCUT2D eigenvalue weighted by molar-refractivity contribution is -0.384. The molecule has 0 fully saturated rings. The van der Waals surface area contributed by atoms with Crippen LogP contribution in [0, 0.1) is 10.1 Å². The molecule has 11 heteroatoms. The number of benzene rings is 1. The Kier molecular flexibility index (Phi) is 8.11. The van der Waals surface area contributed by atoms with E-state index < -0.39 is 4.92 Å². The average Bonchev–Trinajstić information content (AvgIpc) is 3.07. The number of nitrogens with zero attached hydrogens (tertiary/aromatic N) is 5. The number of nitro groups is 1. The number of guanidine groups is 1. The number of aryl methyl sites for hydroxylation is 1. The quantitative estimate of drug-likeness (QED) is 0.203. The van der Waals surface area contributed by atoms with Crippen LogP contribution in [0.5, 0.6) is 0 Å². The summed E-state index contributed by atoms with van der Waals surface area (Å²) in [5, 5.41) is 21.9. The van der Waals surface area contributed by atoms with Crippen LogP contribution >= 0.6 is 24.0 Å². The maximum atomic E-state index is 10.9. The van der Waals surface area contributed by atoms with Crippen molar-refractivity contribution in [3.05, 3.63) is 51.6 Å². The molecule has 0 aliphatic carbocycles. The summed E-state index contributed by atoms with van der Waals surface area (Å²) >= 11 is 0. The Balaban J connectivity index is 0.00000280. The van der Waals surface area contributed by atoms with Gasteiger partial charge in [0.1, 0.15) is 12.4 Å². The molecule has 0 saturated heterocycles. The van der Waals surface area contributed by atoms with Gasteiger partial charge in [-0.3, -0.25) is 15.1 Å². The lowest BCUT2D eigenvalue weighted by Gasteiger charge is -2.25. The average molecular weight is 501 g/mol. The summed E-state index contributed by atoms with van der Waals surface area (Å²) in [6.45, 7) is 1.55. The molecule has 1 aliphatic rings. The predicted octanol–water partition coefficient (Wildman–Crippen LogP) is 1.63. The van der Waals surface area contributed by atoms with Gasteiger partial charge < -0.3 is 15.4 Å². The third-order valence-corrected chi connectivity index (χ3v) is 4.32. The molecule has 0 bridgehead atoms. The van der Waals surface area contributed by atoms with Crippen LogP contribution in [0.2, 0.25) is 0 Å². The monoisotopic (exact) mass is 501 g/mol. The van der Waals surface area contributed by atoms with Crippen LogP contribution < -0.4 is 10.6 Å². The molecule has 0 saturated carbocycles.